The minimum absolute atomic E-state index is 0.122. The van der Waals surface area contributed by atoms with Gasteiger partial charge in [-0.15, -0.1) is 0 Å². The highest BCUT2D eigenvalue weighted by atomic mass is 16.2. The van der Waals surface area contributed by atoms with Crippen LogP contribution in [-0.2, 0) is 11.3 Å². The van der Waals surface area contributed by atoms with Crippen molar-refractivity contribution in [3.8, 4) is 0 Å². The van der Waals surface area contributed by atoms with Gasteiger partial charge in [-0.1, -0.05) is 30.3 Å². The van der Waals surface area contributed by atoms with Gasteiger partial charge >= 0.3 is 0 Å². The molecular formula is C14H15N3O2. The Balaban J connectivity index is 1.74. The van der Waals surface area contributed by atoms with Gasteiger partial charge < -0.3 is 5.32 Å². The third-order valence-electron chi connectivity index (χ3n) is 2.64. The van der Waals surface area contributed by atoms with Crippen LogP contribution in [0.2, 0.25) is 0 Å². The van der Waals surface area contributed by atoms with Crippen LogP contribution in [0.25, 0.3) is 0 Å². The molecule has 0 fully saturated rings. The third kappa shape index (κ3) is 4.06. The normalized spacial score (nSPS) is 10.1. The van der Waals surface area contributed by atoms with E-state index in [4.69, 9.17) is 0 Å². The highest BCUT2D eigenvalue weighted by molar-refractivity contribution is 6.07. The first-order chi connectivity index (χ1) is 9.25. The fourth-order valence-electron chi connectivity index (χ4n) is 1.68. The lowest BCUT2D eigenvalue weighted by molar-refractivity contribution is -0.120. The van der Waals surface area contributed by atoms with Crippen molar-refractivity contribution in [2.45, 2.75) is 13.0 Å². The Kier molecular flexibility index (Phi) is 4.44. The zero-order valence-corrected chi connectivity index (χ0v) is 10.5. The molecule has 0 bridgehead atoms. The first-order valence-corrected chi connectivity index (χ1v) is 6.08. The zero-order chi connectivity index (χ0) is 13.5. The van der Waals surface area contributed by atoms with Gasteiger partial charge in [0.05, 0.1) is 13.0 Å². The molecule has 0 saturated carbocycles. The van der Waals surface area contributed by atoms with E-state index in [1.165, 1.54) is 0 Å². The molecule has 0 spiro atoms. The van der Waals surface area contributed by atoms with Crippen LogP contribution in [0.1, 0.15) is 16.8 Å². The van der Waals surface area contributed by atoms with Crippen LogP contribution < -0.4 is 5.32 Å². The van der Waals surface area contributed by atoms with Crippen LogP contribution >= 0.6 is 0 Å². The average Bonchev–Trinajstić information content (AvgIpc) is 2.93. The number of hydrogen-bond acceptors (Lipinski definition) is 3. The summed E-state index contributed by atoms with van der Waals surface area (Å²) in [7, 11) is 0. The van der Waals surface area contributed by atoms with E-state index >= 15 is 0 Å². The van der Waals surface area contributed by atoms with Gasteiger partial charge in [0.2, 0.25) is 5.91 Å². The molecule has 1 aromatic heterocycles. The van der Waals surface area contributed by atoms with Crippen molar-refractivity contribution >= 4 is 11.7 Å². The van der Waals surface area contributed by atoms with Gasteiger partial charge in [-0.3, -0.25) is 14.3 Å². The quantitative estimate of drug-likeness (QED) is 0.626. The van der Waals surface area contributed by atoms with Gasteiger partial charge in [-0.2, -0.15) is 5.10 Å². The largest absolute Gasteiger partial charge is 0.354 e. The molecule has 2 aromatic rings. The second kappa shape index (κ2) is 6.49. The second-order valence-corrected chi connectivity index (χ2v) is 4.09. The maximum absolute atomic E-state index is 11.8. The van der Waals surface area contributed by atoms with Crippen molar-refractivity contribution in [1.82, 2.24) is 15.1 Å². The monoisotopic (exact) mass is 257 g/mol. The molecule has 0 aliphatic heterocycles. The van der Waals surface area contributed by atoms with Crippen LogP contribution in [-0.4, -0.2) is 28.0 Å². The van der Waals surface area contributed by atoms with E-state index in [2.05, 4.69) is 10.4 Å². The molecule has 0 unspecified atom stereocenters. The second-order valence-electron chi connectivity index (χ2n) is 4.09. The molecule has 1 heterocycles. The molecule has 2 rings (SSSR count). The lowest BCUT2D eigenvalue weighted by Crippen LogP contribution is -2.29. The standard InChI is InChI=1S/C14H15N3O2/c18-13(12-5-2-1-3-6-12)11-14(19)15-8-10-17-9-4-7-16-17/h1-7,9H,8,10-11H2,(H,15,19). The Morgan fingerprint density at radius 2 is 1.95 bits per heavy atom. The number of amides is 1. The number of nitrogens with zero attached hydrogens (tertiary/aromatic N) is 2. The Morgan fingerprint density at radius 3 is 2.63 bits per heavy atom. The minimum Gasteiger partial charge on any atom is -0.354 e. The number of nitrogens with one attached hydrogen (secondary N) is 1. The van der Waals surface area contributed by atoms with E-state index in [0.29, 0.717) is 18.7 Å². The summed E-state index contributed by atoms with van der Waals surface area (Å²) in [5.74, 6) is -0.432. The van der Waals surface area contributed by atoms with Crippen LogP contribution in [0.4, 0.5) is 0 Å². The van der Waals surface area contributed by atoms with Crippen LogP contribution in [0.3, 0.4) is 0 Å². The van der Waals surface area contributed by atoms with Gasteiger partial charge in [0.15, 0.2) is 5.78 Å². The number of hydrogen-bond donors (Lipinski definition) is 1. The summed E-state index contributed by atoms with van der Waals surface area (Å²) >= 11 is 0. The van der Waals surface area contributed by atoms with Crippen molar-refractivity contribution in [1.29, 1.82) is 0 Å². The van der Waals surface area contributed by atoms with Gasteiger partial charge in [-0.25, -0.2) is 0 Å². The first kappa shape index (κ1) is 13.0. The summed E-state index contributed by atoms with van der Waals surface area (Å²) < 4.78 is 1.72. The lowest BCUT2D eigenvalue weighted by Gasteiger charge is -2.05. The van der Waals surface area contributed by atoms with E-state index in [1.807, 2.05) is 18.3 Å². The van der Waals surface area contributed by atoms with Crippen molar-refractivity contribution < 1.29 is 9.59 Å². The molecular weight excluding hydrogens is 242 g/mol. The molecule has 5 nitrogen and oxygen atoms in total. The summed E-state index contributed by atoms with van der Waals surface area (Å²) in [5.41, 5.74) is 0.560. The zero-order valence-electron chi connectivity index (χ0n) is 10.5. The average molecular weight is 257 g/mol. The van der Waals surface area contributed by atoms with Crippen molar-refractivity contribution in [3.05, 3.63) is 54.4 Å². The van der Waals surface area contributed by atoms with Gasteiger partial charge in [0, 0.05) is 24.5 Å². The number of carbonyl (C=O) groups is 2. The minimum atomic E-state index is -0.263. The smallest absolute Gasteiger partial charge is 0.227 e. The molecule has 1 N–H and O–H groups in total. The number of rotatable bonds is 6. The van der Waals surface area contributed by atoms with E-state index in [-0.39, 0.29) is 18.1 Å². The van der Waals surface area contributed by atoms with Crippen molar-refractivity contribution in [2.75, 3.05) is 6.54 Å². The summed E-state index contributed by atoms with van der Waals surface area (Å²) in [6.07, 6.45) is 3.38. The molecule has 0 aliphatic carbocycles. The molecule has 0 aliphatic rings. The van der Waals surface area contributed by atoms with E-state index in [1.54, 1.807) is 35.1 Å². The predicted octanol–water partition coefficient (Wildman–Crippen LogP) is 1.27. The fraction of sp³-hybridized carbons (Fsp3) is 0.214. The number of Topliss-reactive ketones (excluding diaryl/α,β-unsaturated/α-hetero) is 1. The molecule has 0 saturated heterocycles. The highest BCUT2D eigenvalue weighted by Gasteiger charge is 2.10. The SMILES string of the molecule is O=C(CC(=O)c1ccccc1)NCCn1cccn1. The maximum atomic E-state index is 11.8. The summed E-state index contributed by atoms with van der Waals surface area (Å²) in [5, 5.41) is 6.72. The van der Waals surface area contributed by atoms with Gasteiger partial charge in [0.25, 0.3) is 0 Å². The Hall–Kier alpha value is -2.43. The molecule has 5 heteroatoms. The van der Waals surface area contributed by atoms with Crippen LogP contribution in [0, 0.1) is 0 Å². The van der Waals surface area contributed by atoms with E-state index in [9.17, 15) is 9.59 Å². The van der Waals surface area contributed by atoms with Crippen molar-refractivity contribution in [2.24, 2.45) is 0 Å². The summed E-state index contributed by atoms with van der Waals surface area (Å²) in [6, 6.07) is 10.6. The highest BCUT2D eigenvalue weighted by Crippen LogP contribution is 2.02. The van der Waals surface area contributed by atoms with E-state index < -0.39 is 0 Å². The maximum Gasteiger partial charge on any atom is 0.227 e. The fourth-order valence-corrected chi connectivity index (χ4v) is 1.68. The van der Waals surface area contributed by atoms with Gasteiger partial charge in [0.1, 0.15) is 0 Å². The van der Waals surface area contributed by atoms with Crippen molar-refractivity contribution in [3.63, 3.8) is 0 Å². The first-order valence-electron chi connectivity index (χ1n) is 6.08. The molecule has 0 atom stereocenters. The molecule has 0 radical (unpaired) electrons. The Morgan fingerprint density at radius 1 is 1.16 bits per heavy atom. The molecule has 19 heavy (non-hydrogen) atoms. The Labute approximate surface area is 111 Å². The number of benzene rings is 1. The number of aromatic nitrogens is 2. The summed E-state index contributed by atoms with van der Waals surface area (Å²) in [4.78, 5) is 23.4. The van der Waals surface area contributed by atoms with Crippen LogP contribution in [0.5, 0.6) is 0 Å². The topological polar surface area (TPSA) is 64.0 Å². The number of ketones is 1. The van der Waals surface area contributed by atoms with Gasteiger partial charge in [-0.05, 0) is 6.07 Å². The lowest BCUT2D eigenvalue weighted by atomic mass is 10.1. The molecule has 98 valence electrons. The van der Waals surface area contributed by atoms with E-state index in [0.717, 1.165) is 0 Å². The molecule has 1 aromatic carbocycles. The Bertz CT molecular complexity index is 535. The predicted molar refractivity (Wildman–Crippen MR) is 70.6 cm³/mol. The molecule has 1 amide bonds. The van der Waals surface area contributed by atoms with Crippen LogP contribution in [0.15, 0.2) is 48.8 Å². The summed E-state index contributed by atoms with van der Waals surface area (Å²) in [6.45, 7) is 1.06. The third-order valence-corrected chi connectivity index (χ3v) is 2.64. The number of carbonyl (C=O) groups excluding carboxylic acids is 2.